The monoisotopic (exact) mass is 375 g/mol. The van der Waals surface area contributed by atoms with Crippen molar-refractivity contribution in [3.05, 3.63) is 71.8 Å². The number of nitrogens with zero attached hydrogens (tertiary/aromatic N) is 2. The van der Waals surface area contributed by atoms with E-state index in [4.69, 9.17) is 15.1 Å². The third-order valence-corrected chi connectivity index (χ3v) is 5.17. The lowest BCUT2D eigenvalue weighted by Gasteiger charge is -2.22. The van der Waals surface area contributed by atoms with Crippen LogP contribution in [0, 0.1) is 0 Å². The molecule has 5 nitrogen and oxygen atoms in total. The van der Waals surface area contributed by atoms with Crippen LogP contribution in [0.3, 0.4) is 0 Å². The van der Waals surface area contributed by atoms with E-state index < -0.39 is 0 Å². The molecule has 0 bridgehead atoms. The van der Waals surface area contributed by atoms with E-state index in [2.05, 4.69) is 13.8 Å². The number of nitrogens with two attached hydrogens (primary N) is 1. The van der Waals surface area contributed by atoms with Crippen LogP contribution in [0.5, 0.6) is 0 Å². The molecule has 1 amide bonds. The van der Waals surface area contributed by atoms with Gasteiger partial charge in [-0.15, -0.1) is 0 Å². The van der Waals surface area contributed by atoms with Crippen molar-refractivity contribution in [3.63, 3.8) is 0 Å². The van der Waals surface area contributed by atoms with E-state index in [-0.39, 0.29) is 17.9 Å². The highest BCUT2D eigenvalue weighted by Crippen LogP contribution is 2.37. The van der Waals surface area contributed by atoms with Crippen molar-refractivity contribution in [1.29, 1.82) is 0 Å². The van der Waals surface area contributed by atoms with Crippen molar-refractivity contribution in [2.24, 2.45) is 0 Å². The fraction of sp³-hybridized carbons (Fsp3) is 0.304. The van der Waals surface area contributed by atoms with Crippen LogP contribution in [-0.4, -0.2) is 22.3 Å². The van der Waals surface area contributed by atoms with Crippen LogP contribution in [0.4, 0.5) is 5.69 Å². The average molecular weight is 375 g/mol. The standard InChI is InChI=1S/C23H25N3O2/c1-15(2)21-20(16-8-4-3-5-9-16)25-22(28-21)19-12-7-13-26(19)23(27)17-10-6-11-18(24)14-17/h3-6,8-11,14-15,19H,7,12-13,24H2,1-2H3. The molecule has 4 rings (SSSR count). The maximum absolute atomic E-state index is 13.1. The lowest BCUT2D eigenvalue weighted by atomic mass is 10.0. The molecule has 5 heteroatoms. The molecule has 1 fully saturated rings. The predicted molar refractivity (Wildman–Crippen MR) is 110 cm³/mol. The predicted octanol–water partition coefficient (Wildman–Crippen LogP) is 5.02. The van der Waals surface area contributed by atoms with Gasteiger partial charge in [-0.1, -0.05) is 50.2 Å². The number of rotatable bonds is 4. The van der Waals surface area contributed by atoms with Crippen LogP contribution in [0.1, 0.15) is 60.7 Å². The first-order chi connectivity index (χ1) is 13.5. The van der Waals surface area contributed by atoms with Gasteiger partial charge in [-0.2, -0.15) is 0 Å². The van der Waals surface area contributed by atoms with E-state index in [1.165, 1.54) is 0 Å². The zero-order chi connectivity index (χ0) is 19.7. The number of likely N-dealkylation sites (tertiary alicyclic amines) is 1. The Balaban J connectivity index is 1.69. The van der Waals surface area contributed by atoms with Crippen molar-refractivity contribution in [2.45, 2.75) is 38.6 Å². The van der Waals surface area contributed by atoms with Gasteiger partial charge in [0.15, 0.2) is 0 Å². The number of nitrogen functional groups attached to an aromatic ring is 1. The fourth-order valence-electron chi connectivity index (χ4n) is 3.79. The Labute approximate surface area is 165 Å². The number of benzene rings is 2. The van der Waals surface area contributed by atoms with E-state index in [1.807, 2.05) is 41.3 Å². The summed E-state index contributed by atoms with van der Waals surface area (Å²) in [6.45, 7) is 4.89. The highest BCUT2D eigenvalue weighted by atomic mass is 16.4. The molecule has 0 spiro atoms. The molecule has 28 heavy (non-hydrogen) atoms. The molecule has 1 saturated heterocycles. The molecule has 1 atom stereocenters. The smallest absolute Gasteiger partial charge is 0.254 e. The number of carbonyl (C=O) groups is 1. The molecular formula is C23H25N3O2. The van der Waals surface area contributed by atoms with E-state index in [1.54, 1.807) is 18.2 Å². The molecule has 3 aromatic rings. The van der Waals surface area contributed by atoms with Gasteiger partial charge in [-0.05, 0) is 31.0 Å². The molecule has 2 aromatic carbocycles. The maximum Gasteiger partial charge on any atom is 0.254 e. The van der Waals surface area contributed by atoms with Gasteiger partial charge in [0.2, 0.25) is 5.89 Å². The fourth-order valence-corrected chi connectivity index (χ4v) is 3.79. The summed E-state index contributed by atoms with van der Waals surface area (Å²) in [6, 6.07) is 17.0. The summed E-state index contributed by atoms with van der Waals surface area (Å²) in [4.78, 5) is 19.8. The second-order valence-corrected chi connectivity index (χ2v) is 7.57. The molecule has 2 heterocycles. The third kappa shape index (κ3) is 3.40. The Bertz CT molecular complexity index is 979. The Morgan fingerprint density at radius 1 is 1.18 bits per heavy atom. The second-order valence-electron chi connectivity index (χ2n) is 7.57. The first kappa shape index (κ1) is 18.3. The second kappa shape index (κ2) is 7.50. The van der Waals surface area contributed by atoms with E-state index >= 15 is 0 Å². The molecular weight excluding hydrogens is 350 g/mol. The molecule has 0 saturated carbocycles. The Morgan fingerprint density at radius 2 is 1.96 bits per heavy atom. The SMILES string of the molecule is CC(C)c1oc(C2CCCN2C(=O)c2cccc(N)c2)nc1-c1ccccc1. The lowest BCUT2D eigenvalue weighted by molar-refractivity contribution is 0.0714. The van der Waals surface area contributed by atoms with Gasteiger partial charge < -0.3 is 15.1 Å². The number of hydrogen-bond acceptors (Lipinski definition) is 4. The number of anilines is 1. The highest BCUT2D eigenvalue weighted by molar-refractivity contribution is 5.95. The van der Waals surface area contributed by atoms with Crippen molar-refractivity contribution in [1.82, 2.24) is 9.88 Å². The molecule has 1 aromatic heterocycles. The minimum Gasteiger partial charge on any atom is -0.442 e. The van der Waals surface area contributed by atoms with Crippen LogP contribution in [0.15, 0.2) is 59.0 Å². The molecule has 1 aliphatic rings. The molecule has 1 aliphatic heterocycles. The number of oxazole rings is 1. The normalized spacial score (nSPS) is 16.7. The van der Waals surface area contributed by atoms with Gasteiger partial charge in [0, 0.05) is 29.3 Å². The Morgan fingerprint density at radius 3 is 2.68 bits per heavy atom. The topological polar surface area (TPSA) is 72.4 Å². The van der Waals surface area contributed by atoms with E-state index in [0.717, 1.165) is 29.9 Å². The van der Waals surface area contributed by atoms with Crippen molar-refractivity contribution < 1.29 is 9.21 Å². The number of carbonyl (C=O) groups excluding carboxylic acids is 1. The van der Waals surface area contributed by atoms with Crippen molar-refractivity contribution >= 4 is 11.6 Å². The molecule has 0 aliphatic carbocycles. The summed E-state index contributed by atoms with van der Waals surface area (Å²) >= 11 is 0. The summed E-state index contributed by atoms with van der Waals surface area (Å²) in [5, 5.41) is 0. The minimum atomic E-state index is -0.149. The molecule has 144 valence electrons. The zero-order valence-electron chi connectivity index (χ0n) is 16.3. The number of aromatic nitrogens is 1. The Hall–Kier alpha value is -3.08. The molecule has 2 N–H and O–H groups in total. The summed E-state index contributed by atoms with van der Waals surface area (Å²) in [5.41, 5.74) is 8.96. The molecule has 1 unspecified atom stereocenters. The number of hydrogen-bond donors (Lipinski definition) is 1. The third-order valence-electron chi connectivity index (χ3n) is 5.17. The van der Waals surface area contributed by atoms with Crippen LogP contribution in [0.25, 0.3) is 11.3 Å². The van der Waals surface area contributed by atoms with Gasteiger partial charge in [0.25, 0.3) is 5.91 Å². The number of amides is 1. The first-order valence-electron chi connectivity index (χ1n) is 9.77. The molecule has 0 radical (unpaired) electrons. The Kier molecular flexibility index (Phi) is 4.90. The van der Waals surface area contributed by atoms with Crippen LogP contribution < -0.4 is 5.73 Å². The average Bonchev–Trinajstić information content (AvgIpc) is 3.35. The minimum absolute atomic E-state index is 0.0274. The van der Waals surface area contributed by atoms with Gasteiger partial charge in [0.1, 0.15) is 17.5 Å². The summed E-state index contributed by atoms with van der Waals surface area (Å²) < 4.78 is 6.22. The van der Waals surface area contributed by atoms with Crippen LogP contribution in [0.2, 0.25) is 0 Å². The zero-order valence-corrected chi connectivity index (χ0v) is 16.3. The largest absolute Gasteiger partial charge is 0.442 e. The summed E-state index contributed by atoms with van der Waals surface area (Å²) in [6.07, 6.45) is 1.78. The van der Waals surface area contributed by atoms with Gasteiger partial charge in [-0.3, -0.25) is 4.79 Å². The highest BCUT2D eigenvalue weighted by Gasteiger charge is 2.35. The summed E-state index contributed by atoms with van der Waals surface area (Å²) in [7, 11) is 0. The summed E-state index contributed by atoms with van der Waals surface area (Å²) in [5.74, 6) is 1.66. The maximum atomic E-state index is 13.1. The quantitative estimate of drug-likeness (QED) is 0.650. The van der Waals surface area contributed by atoms with Crippen LogP contribution in [-0.2, 0) is 0 Å². The van der Waals surface area contributed by atoms with Crippen molar-refractivity contribution in [3.8, 4) is 11.3 Å². The van der Waals surface area contributed by atoms with Crippen molar-refractivity contribution in [2.75, 3.05) is 12.3 Å². The lowest BCUT2D eigenvalue weighted by Crippen LogP contribution is -2.30. The van der Waals surface area contributed by atoms with Gasteiger partial charge in [-0.25, -0.2) is 4.98 Å². The van der Waals surface area contributed by atoms with E-state index in [0.29, 0.717) is 23.7 Å². The van der Waals surface area contributed by atoms with E-state index in [9.17, 15) is 4.79 Å². The van der Waals surface area contributed by atoms with Gasteiger partial charge >= 0.3 is 0 Å². The first-order valence-corrected chi connectivity index (χ1v) is 9.77. The van der Waals surface area contributed by atoms with Gasteiger partial charge in [0.05, 0.1) is 0 Å². The van der Waals surface area contributed by atoms with Crippen LogP contribution >= 0.6 is 0 Å².